The first-order chi connectivity index (χ1) is 9.61. The minimum atomic E-state index is -4.35. The Morgan fingerprint density at radius 1 is 1.24 bits per heavy atom. The first kappa shape index (κ1) is 17.5. The molecule has 0 saturated heterocycles. The third-order valence-electron chi connectivity index (χ3n) is 3.16. The Labute approximate surface area is 122 Å². The molecule has 0 spiro atoms. The molecule has 2 atom stereocenters. The van der Waals surface area contributed by atoms with Crippen LogP contribution in [0.15, 0.2) is 24.3 Å². The van der Waals surface area contributed by atoms with Crippen LogP contribution in [0.4, 0.5) is 13.2 Å². The molecule has 1 aromatic carbocycles. The van der Waals surface area contributed by atoms with Crippen molar-refractivity contribution in [2.75, 3.05) is 13.6 Å². The highest BCUT2D eigenvalue weighted by Crippen LogP contribution is 2.29. The Balaban J connectivity index is 2.66. The van der Waals surface area contributed by atoms with E-state index in [-0.39, 0.29) is 18.4 Å². The van der Waals surface area contributed by atoms with Gasteiger partial charge in [0.05, 0.1) is 11.7 Å². The van der Waals surface area contributed by atoms with Crippen LogP contribution in [0.3, 0.4) is 0 Å². The molecule has 118 valence electrons. The lowest BCUT2D eigenvalue weighted by molar-refractivity contribution is -0.137. The number of likely N-dealkylation sites (N-methyl/N-ethyl adjacent to an activating group) is 1. The number of aliphatic hydroxyl groups excluding tert-OH is 1. The number of hydrogen-bond donors (Lipinski definition) is 1. The number of rotatable bonds is 5. The fraction of sp³-hybridized carbons (Fsp3) is 0.533. The molecule has 1 amide bonds. The van der Waals surface area contributed by atoms with Crippen molar-refractivity contribution in [3.8, 4) is 0 Å². The van der Waals surface area contributed by atoms with Gasteiger partial charge in [0.25, 0.3) is 0 Å². The number of carbonyl (C=O) groups excluding carboxylic acids is 1. The molecular weight excluding hydrogens is 283 g/mol. The summed E-state index contributed by atoms with van der Waals surface area (Å²) in [5.41, 5.74) is -0.0225. The summed E-state index contributed by atoms with van der Waals surface area (Å²) in [7, 11) is 1.60. The first-order valence-corrected chi connectivity index (χ1v) is 6.70. The molecule has 0 aliphatic rings. The van der Waals surface area contributed by atoms with Gasteiger partial charge in [-0.1, -0.05) is 19.1 Å². The maximum Gasteiger partial charge on any atom is 0.416 e. The first-order valence-electron chi connectivity index (χ1n) is 6.70. The number of nitrogens with zero attached hydrogens (tertiary/aromatic N) is 1. The quantitative estimate of drug-likeness (QED) is 0.908. The third kappa shape index (κ3) is 5.38. The molecule has 0 unspecified atom stereocenters. The topological polar surface area (TPSA) is 40.5 Å². The lowest BCUT2D eigenvalue weighted by atomic mass is 9.99. The highest BCUT2D eigenvalue weighted by atomic mass is 19.4. The van der Waals surface area contributed by atoms with Crippen molar-refractivity contribution in [1.29, 1.82) is 0 Å². The summed E-state index contributed by atoms with van der Waals surface area (Å²) in [5.74, 6) is -0.499. The predicted molar refractivity (Wildman–Crippen MR) is 73.6 cm³/mol. The summed E-state index contributed by atoms with van der Waals surface area (Å²) >= 11 is 0. The number of alkyl halides is 3. The van der Waals surface area contributed by atoms with Crippen LogP contribution < -0.4 is 0 Å². The van der Waals surface area contributed by atoms with E-state index in [2.05, 4.69) is 0 Å². The van der Waals surface area contributed by atoms with Gasteiger partial charge in [-0.25, -0.2) is 0 Å². The van der Waals surface area contributed by atoms with E-state index in [0.29, 0.717) is 12.0 Å². The molecule has 0 radical (unpaired) electrons. The van der Waals surface area contributed by atoms with Crippen LogP contribution in [0.1, 0.15) is 25.0 Å². The van der Waals surface area contributed by atoms with Crippen molar-refractivity contribution in [1.82, 2.24) is 4.90 Å². The SMILES string of the molecule is C[C@H](O)CN(C)C(=O)[C@@H](C)Cc1ccc(C(F)(F)F)cc1. The molecule has 0 heterocycles. The van der Waals surface area contributed by atoms with Crippen molar-refractivity contribution in [3.05, 3.63) is 35.4 Å². The average Bonchev–Trinajstić information content (AvgIpc) is 2.36. The highest BCUT2D eigenvalue weighted by Gasteiger charge is 2.30. The normalized spacial score (nSPS) is 14.6. The minimum absolute atomic E-state index is 0.143. The fourth-order valence-corrected chi connectivity index (χ4v) is 2.13. The third-order valence-corrected chi connectivity index (χ3v) is 3.16. The molecule has 1 rings (SSSR count). The van der Waals surface area contributed by atoms with E-state index >= 15 is 0 Å². The second-order valence-electron chi connectivity index (χ2n) is 5.37. The van der Waals surface area contributed by atoms with Crippen LogP contribution in [0.25, 0.3) is 0 Å². The standard InChI is InChI=1S/C15H20F3NO2/c1-10(14(21)19(3)9-11(2)20)8-12-4-6-13(7-5-12)15(16,17)18/h4-7,10-11,20H,8-9H2,1-3H3/t10-,11-/m0/s1. The molecule has 3 nitrogen and oxygen atoms in total. The smallest absolute Gasteiger partial charge is 0.392 e. The zero-order valence-corrected chi connectivity index (χ0v) is 12.3. The summed E-state index contributed by atoms with van der Waals surface area (Å²) in [6.07, 6.45) is -4.60. The minimum Gasteiger partial charge on any atom is -0.392 e. The van der Waals surface area contributed by atoms with Gasteiger partial charge in [0.1, 0.15) is 0 Å². The van der Waals surface area contributed by atoms with Crippen molar-refractivity contribution in [2.45, 2.75) is 32.5 Å². The summed E-state index contributed by atoms with van der Waals surface area (Å²) in [5, 5.41) is 9.25. The van der Waals surface area contributed by atoms with Gasteiger partial charge in [-0.05, 0) is 31.0 Å². The second-order valence-corrected chi connectivity index (χ2v) is 5.37. The predicted octanol–water partition coefficient (Wildman–Crippen LogP) is 2.72. The fourth-order valence-electron chi connectivity index (χ4n) is 2.13. The Kier molecular flexibility index (Phi) is 5.78. The number of amides is 1. The van der Waals surface area contributed by atoms with E-state index in [0.717, 1.165) is 12.1 Å². The zero-order chi connectivity index (χ0) is 16.2. The average molecular weight is 303 g/mol. The highest BCUT2D eigenvalue weighted by molar-refractivity contribution is 5.78. The number of halogens is 3. The zero-order valence-electron chi connectivity index (χ0n) is 12.3. The van der Waals surface area contributed by atoms with Crippen LogP contribution in [0, 0.1) is 5.92 Å². The molecule has 0 saturated carbocycles. The molecule has 0 aromatic heterocycles. The van der Waals surface area contributed by atoms with Gasteiger partial charge >= 0.3 is 6.18 Å². The second kappa shape index (κ2) is 6.93. The van der Waals surface area contributed by atoms with Crippen molar-refractivity contribution < 1.29 is 23.1 Å². The molecule has 1 N–H and O–H groups in total. The Bertz CT molecular complexity index is 469. The van der Waals surface area contributed by atoms with Gasteiger partial charge < -0.3 is 10.0 Å². The van der Waals surface area contributed by atoms with Crippen LogP contribution in [-0.4, -0.2) is 35.6 Å². The van der Waals surface area contributed by atoms with Crippen LogP contribution in [-0.2, 0) is 17.4 Å². The lowest BCUT2D eigenvalue weighted by Gasteiger charge is -2.22. The molecule has 0 fully saturated rings. The van der Waals surface area contributed by atoms with Gasteiger partial charge in [-0.3, -0.25) is 4.79 Å². The maximum absolute atomic E-state index is 12.5. The number of aliphatic hydroxyl groups is 1. The van der Waals surface area contributed by atoms with E-state index in [1.807, 2.05) is 0 Å². The molecule has 21 heavy (non-hydrogen) atoms. The van der Waals surface area contributed by atoms with E-state index in [1.54, 1.807) is 20.9 Å². The van der Waals surface area contributed by atoms with Gasteiger partial charge in [0, 0.05) is 19.5 Å². The van der Waals surface area contributed by atoms with E-state index in [9.17, 15) is 23.1 Å². The summed E-state index contributed by atoms with van der Waals surface area (Å²) in [6.45, 7) is 3.54. The number of benzene rings is 1. The van der Waals surface area contributed by atoms with Gasteiger partial charge in [-0.2, -0.15) is 13.2 Å². The van der Waals surface area contributed by atoms with Crippen molar-refractivity contribution in [3.63, 3.8) is 0 Å². The lowest BCUT2D eigenvalue weighted by Crippen LogP contribution is -2.37. The molecular formula is C15H20F3NO2. The van der Waals surface area contributed by atoms with Crippen molar-refractivity contribution >= 4 is 5.91 Å². The van der Waals surface area contributed by atoms with E-state index in [4.69, 9.17) is 0 Å². The van der Waals surface area contributed by atoms with Crippen LogP contribution >= 0.6 is 0 Å². The monoisotopic (exact) mass is 303 g/mol. The van der Waals surface area contributed by atoms with Gasteiger partial charge in [0.15, 0.2) is 0 Å². The van der Waals surface area contributed by atoms with E-state index < -0.39 is 17.8 Å². The summed E-state index contributed by atoms with van der Waals surface area (Å²) in [4.78, 5) is 13.5. The van der Waals surface area contributed by atoms with Crippen LogP contribution in [0.5, 0.6) is 0 Å². The Hall–Kier alpha value is -1.56. The molecule has 0 aliphatic carbocycles. The largest absolute Gasteiger partial charge is 0.416 e. The Morgan fingerprint density at radius 2 is 1.76 bits per heavy atom. The summed E-state index contributed by atoms with van der Waals surface area (Å²) in [6, 6.07) is 4.82. The van der Waals surface area contributed by atoms with E-state index in [1.165, 1.54) is 17.0 Å². The maximum atomic E-state index is 12.5. The molecule has 1 aromatic rings. The molecule has 0 bridgehead atoms. The van der Waals surface area contributed by atoms with Crippen molar-refractivity contribution in [2.24, 2.45) is 5.92 Å². The molecule has 0 aliphatic heterocycles. The number of carbonyl (C=O) groups is 1. The van der Waals surface area contributed by atoms with Crippen LogP contribution in [0.2, 0.25) is 0 Å². The number of hydrogen-bond acceptors (Lipinski definition) is 2. The van der Waals surface area contributed by atoms with Gasteiger partial charge in [-0.15, -0.1) is 0 Å². The summed E-state index contributed by atoms with van der Waals surface area (Å²) < 4.78 is 37.4. The van der Waals surface area contributed by atoms with Gasteiger partial charge in [0.2, 0.25) is 5.91 Å². The molecule has 6 heteroatoms. The Morgan fingerprint density at radius 3 is 2.19 bits per heavy atom.